The summed E-state index contributed by atoms with van der Waals surface area (Å²) in [7, 11) is 3.15. The van der Waals surface area contributed by atoms with Gasteiger partial charge in [-0.2, -0.15) is 4.98 Å². The molecule has 0 spiro atoms. The van der Waals surface area contributed by atoms with E-state index in [9.17, 15) is 4.79 Å². The molecule has 0 bridgehead atoms. The molecule has 4 rings (SSSR count). The number of carbonyl (C=O) groups excluding carboxylic acids is 1. The SMILES string of the molecule is COc1cc(Cc2cnc(N)nc2N)cc(C#Cc2ccc(C(=O)C3CC3)cc2)c1OC. The second kappa shape index (κ2) is 8.98. The molecule has 32 heavy (non-hydrogen) atoms. The lowest BCUT2D eigenvalue weighted by molar-refractivity contribution is 0.0967. The van der Waals surface area contributed by atoms with Crippen molar-refractivity contribution in [2.45, 2.75) is 19.3 Å². The Kier molecular flexibility index (Phi) is 5.95. The summed E-state index contributed by atoms with van der Waals surface area (Å²) < 4.78 is 11.1. The maximum Gasteiger partial charge on any atom is 0.221 e. The van der Waals surface area contributed by atoms with Crippen LogP contribution in [0.15, 0.2) is 42.6 Å². The van der Waals surface area contributed by atoms with E-state index in [-0.39, 0.29) is 17.6 Å². The van der Waals surface area contributed by atoms with Gasteiger partial charge in [-0.25, -0.2) is 4.98 Å². The monoisotopic (exact) mass is 428 g/mol. The lowest BCUT2D eigenvalue weighted by Gasteiger charge is -2.13. The number of Topliss-reactive ketones (excluding diaryl/α,β-unsaturated/α-hetero) is 1. The third-order valence-corrected chi connectivity index (χ3v) is 5.31. The van der Waals surface area contributed by atoms with Gasteiger partial charge in [-0.15, -0.1) is 0 Å². The van der Waals surface area contributed by atoms with Crippen LogP contribution in [0, 0.1) is 17.8 Å². The van der Waals surface area contributed by atoms with Crippen molar-refractivity contribution >= 4 is 17.5 Å². The molecule has 1 aliphatic carbocycles. The van der Waals surface area contributed by atoms with Gasteiger partial charge in [-0.05, 0) is 42.7 Å². The lowest BCUT2D eigenvalue weighted by Crippen LogP contribution is -2.04. The number of hydrogen-bond acceptors (Lipinski definition) is 7. The van der Waals surface area contributed by atoms with Gasteiger partial charge in [0.15, 0.2) is 17.3 Å². The molecule has 1 saturated carbocycles. The molecule has 162 valence electrons. The van der Waals surface area contributed by atoms with Gasteiger partial charge in [-0.3, -0.25) is 4.79 Å². The average molecular weight is 428 g/mol. The number of aromatic nitrogens is 2. The predicted molar refractivity (Wildman–Crippen MR) is 123 cm³/mol. The quantitative estimate of drug-likeness (QED) is 0.458. The van der Waals surface area contributed by atoms with Crippen molar-refractivity contribution in [3.05, 3.63) is 70.4 Å². The van der Waals surface area contributed by atoms with Crippen LogP contribution in [0.2, 0.25) is 0 Å². The van der Waals surface area contributed by atoms with Gasteiger partial charge in [0, 0.05) is 35.2 Å². The van der Waals surface area contributed by atoms with E-state index in [2.05, 4.69) is 21.8 Å². The van der Waals surface area contributed by atoms with Crippen molar-refractivity contribution in [1.29, 1.82) is 0 Å². The molecule has 1 fully saturated rings. The highest BCUT2D eigenvalue weighted by Crippen LogP contribution is 2.34. The normalized spacial score (nSPS) is 12.6. The molecule has 0 unspecified atom stereocenters. The maximum absolute atomic E-state index is 12.2. The summed E-state index contributed by atoms with van der Waals surface area (Å²) in [6, 6.07) is 11.2. The molecule has 7 heteroatoms. The molecule has 0 radical (unpaired) electrons. The highest BCUT2D eigenvalue weighted by molar-refractivity contribution is 5.99. The number of anilines is 2. The number of benzene rings is 2. The van der Waals surface area contributed by atoms with Gasteiger partial charge >= 0.3 is 0 Å². The Morgan fingerprint density at radius 1 is 1.09 bits per heavy atom. The van der Waals surface area contributed by atoms with Gasteiger partial charge in [0.1, 0.15) is 5.82 Å². The first kappa shape index (κ1) is 21.2. The zero-order valence-corrected chi connectivity index (χ0v) is 18.0. The number of ketones is 1. The third-order valence-electron chi connectivity index (χ3n) is 5.31. The smallest absolute Gasteiger partial charge is 0.221 e. The van der Waals surface area contributed by atoms with E-state index in [0.29, 0.717) is 29.3 Å². The minimum atomic E-state index is 0.134. The highest BCUT2D eigenvalue weighted by atomic mass is 16.5. The Hall–Kier alpha value is -4.05. The molecule has 0 atom stereocenters. The topological polar surface area (TPSA) is 113 Å². The summed E-state index contributed by atoms with van der Waals surface area (Å²) in [6.07, 6.45) is 4.09. The number of nitrogens with two attached hydrogens (primary N) is 2. The van der Waals surface area contributed by atoms with Crippen molar-refractivity contribution in [2.24, 2.45) is 5.92 Å². The molecule has 0 amide bonds. The summed E-state index contributed by atoms with van der Waals surface area (Å²) in [6.45, 7) is 0. The average Bonchev–Trinajstić information content (AvgIpc) is 3.64. The zero-order chi connectivity index (χ0) is 22.7. The molecule has 4 N–H and O–H groups in total. The summed E-state index contributed by atoms with van der Waals surface area (Å²) in [5.41, 5.74) is 15.5. The van der Waals surface area contributed by atoms with E-state index in [1.54, 1.807) is 20.4 Å². The minimum Gasteiger partial charge on any atom is -0.493 e. The summed E-state index contributed by atoms with van der Waals surface area (Å²) in [5, 5.41) is 0. The number of methoxy groups -OCH3 is 2. The van der Waals surface area contributed by atoms with E-state index in [1.165, 1.54) is 0 Å². The highest BCUT2D eigenvalue weighted by Gasteiger charge is 2.30. The van der Waals surface area contributed by atoms with Crippen LogP contribution in [0.25, 0.3) is 0 Å². The first-order chi connectivity index (χ1) is 15.5. The zero-order valence-electron chi connectivity index (χ0n) is 18.0. The van der Waals surface area contributed by atoms with Crippen molar-refractivity contribution in [2.75, 3.05) is 25.7 Å². The van der Waals surface area contributed by atoms with Gasteiger partial charge in [0.2, 0.25) is 5.95 Å². The van der Waals surface area contributed by atoms with Crippen LogP contribution in [-0.2, 0) is 6.42 Å². The number of carbonyl (C=O) groups is 1. The van der Waals surface area contributed by atoms with Crippen molar-refractivity contribution in [3.8, 4) is 23.3 Å². The number of hydrogen-bond donors (Lipinski definition) is 2. The molecule has 1 aliphatic rings. The molecule has 2 aromatic carbocycles. The molecule has 7 nitrogen and oxygen atoms in total. The summed E-state index contributed by atoms with van der Waals surface area (Å²) >= 11 is 0. The Balaban J connectivity index is 1.64. The van der Waals surface area contributed by atoms with Crippen LogP contribution in [0.3, 0.4) is 0 Å². The van der Waals surface area contributed by atoms with Crippen molar-refractivity contribution in [1.82, 2.24) is 9.97 Å². The van der Waals surface area contributed by atoms with Crippen molar-refractivity contribution in [3.63, 3.8) is 0 Å². The van der Waals surface area contributed by atoms with Gasteiger partial charge in [0.25, 0.3) is 0 Å². The Bertz CT molecular complexity index is 1220. The fourth-order valence-corrected chi connectivity index (χ4v) is 3.45. The summed E-state index contributed by atoms with van der Waals surface area (Å²) in [4.78, 5) is 20.2. The molecule has 3 aromatic rings. The van der Waals surface area contributed by atoms with E-state index < -0.39 is 0 Å². The predicted octanol–water partition coefficient (Wildman–Crippen LogP) is 3.24. The second-order valence-electron chi connectivity index (χ2n) is 7.66. The largest absolute Gasteiger partial charge is 0.493 e. The van der Waals surface area contributed by atoms with Gasteiger partial charge in [0.05, 0.1) is 19.8 Å². The van der Waals surface area contributed by atoms with Crippen LogP contribution in [0.4, 0.5) is 11.8 Å². The van der Waals surface area contributed by atoms with Crippen LogP contribution in [-0.4, -0.2) is 30.0 Å². The Labute approximate surface area is 186 Å². The lowest BCUT2D eigenvalue weighted by atomic mass is 10.0. The molecule has 1 aromatic heterocycles. The molecule has 0 aliphatic heterocycles. The maximum atomic E-state index is 12.2. The molecule has 1 heterocycles. The van der Waals surface area contributed by atoms with E-state index in [0.717, 1.165) is 35.1 Å². The fourth-order valence-electron chi connectivity index (χ4n) is 3.45. The number of nitrogen functional groups attached to an aromatic ring is 2. The standard InChI is InChI=1S/C25H24N4O3/c1-31-21-13-16(12-20-14-28-25(27)29-24(20)26)11-19(23(21)32-2)8-5-15-3-6-17(7-4-15)22(30)18-9-10-18/h3-4,6-7,11,13-14,18H,9-10,12H2,1-2H3,(H4,26,27,28,29). The van der Waals surface area contributed by atoms with E-state index in [4.69, 9.17) is 20.9 Å². The van der Waals surface area contributed by atoms with Gasteiger partial charge < -0.3 is 20.9 Å². The number of ether oxygens (including phenoxy) is 2. The van der Waals surface area contributed by atoms with Crippen LogP contribution in [0.1, 0.15) is 45.5 Å². The Morgan fingerprint density at radius 2 is 1.84 bits per heavy atom. The molecular weight excluding hydrogens is 404 g/mol. The van der Waals surface area contributed by atoms with Crippen LogP contribution >= 0.6 is 0 Å². The first-order valence-corrected chi connectivity index (χ1v) is 10.3. The van der Waals surface area contributed by atoms with E-state index in [1.807, 2.05) is 36.4 Å². The van der Waals surface area contributed by atoms with E-state index >= 15 is 0 Å². The molecule has 0 saturated heterocycles. The molecular formula is C25H24N4O3. The first-order valence-electron chi connectivity index (χ1n) is 10.3. The number of nitrogens with zero attached hydrogens (tertiary/aromatic N) is 2. The minimum absolute atomic E-state index is 0.134. The Morgan fingerprint density at radius 3 is 2.47 bits per heavy atom. The summed E-state index contributed by atoms with van der Waals surface area (Å²) in [5.74, 6) is 8.31. The van der Waals surface area contributed by atoms with Gasteiger partial charge in [-0.1, -0.05) is 24.0 Å². The third kappa shape index (κ3) is 4.65. The van der Waals surface area contributed by atoms with Crippen LogP contribution < -0.4 is 20.9 Å². The van der Waals surface area contributed by atoms with Crippen molar-refractivity contribution < 1.29 is 14.3 Å². The fraction of sp³-hybridized carbons (Fsp3) is 0.240. The van der Waals surface area contributed by atoms with Crippen LogP contribution in [0.5, 0.6) is 11.5 Å². The second-order valence-corrected chi connectivity index (χ2v) is 7.66. The number of rotatable bonds is 6.